The molecule has 0 amide bonds. The number of thiophene rings is 2. The number of piperazine rings is 1. The first-order valence-electron chi connectivity index (χ1n) is 13.7. The summed E-state index contributed by atoms with van der Waals surface area (Å²) >= 11 is 3.22. The Labute approximate surface area is 241 Å². The fourth-order valence-electron chi connectivity index (χ4n) is 5.24. The van der Waals surface area contributed by atoms with Gasteiger partial charge in [0.25, 0.3) is 5.56 Å². The minimum Gasteiger partial charge on any atom is -0.494 e. The quantitative estimate of drug-likeness (QED) is 0.156. The number of nitrogens with zero attached hydrogens (tertiary/aromatic N) is 3. The Bertz CT molecular complexity index is 1610. The van der Waals surface area contributed by atoms with Gasteiger partial charge in [0.1, 0.15) is 12.5 Å². The second-order valence-corrected chi connectivity index (χ2v) is 11.9. The number of hydrogen-bond acceptors (Lipinski definition) is 8. The molecule has 208 valence electrons. The van der Waals surface area contributed by atoms with Crippen molar-refractivity contribution in [2.75, 3.05) is 44.2 Å². The van der Waals surface area contributed by atoms with Crippen LogP contribution in [0.2, 0.25) is 0 Å². The number of fused-ring (bicyclic) bond motifs is 2. The lowest BCUT2D eigenvalue weighted by molar-refractivity contribution is -0.126. The summed E-state index contributed by atoms with van der Waals surface area (Å²) in [6.45, 7) is 5.90. The number of aliphatic hydroxyl groups is 1. The summed E-state index contributed by atoms with van der Waals surface area (Å²) in [5, 5.41) is 16.6. The molecule has 9 heteroatoms. The molecule has 1 aliphatic heterocycles. The molecule has 5 aromatic rings. The molecule has 1 atom stereocenters. The van der Waals surface area contributed by atoms with Crippen molar-refractivity contribution in [2.24, 2.45) is 0 Å². The predicted octanol–water partition coefficient (Wildman–Crippen LogP) is 5.92. The first-order chi connectivity index (χ1) is 19.7. The van der Waals surface area contributed by atoms with Crippen molar-refractivity contribution in [1.29, 1.82) is 0 Å². The van der Waals surface area contributed by atoms with Crippen molar-refractivity contribution in [3.05, 3.63) is 92.7 Å². The smallest absolute Gasteiger partial charge is 0.252 e. The van der Waals surface area contributed by atoms with Crippen LogP contribution >= 0.6 is 22.7 Å². The molecule has 6 rings (SSSR count). The SMILES string of the molecule is O=c1ccc2ccc(OCCCCN3CCN(c4cccc5sccc45)CC3)cc2n1COC(O)c1cccs1. The third kappa shape index (κ3) is 6.09. The normalized spacial score (nSPS) is 15.2. The van der Waals surface area contributed by atoms with Gasteiger partial charge in [-0.1, -0.05) is 12.1 Å². The van der Waals surface area contributed by atoms with Crippen LogP contribution in [0, 0.1) is 0 Å². The van der Waals surface area contributed by atoms with Crippen molar-refractivity contribution in [2.45, 2.75) is 25.9 Å². The van der Waals surface area contributed by atoms with Crippen LogP contribution in [0.1, 0.15) is 24.0 Å². The molecular weight excluding hydrogens is 542 g/mol. The summed E-state index contributed by atoms with van der Waals surface area (Å²) in [6.07, 6.45) is 0.969. The minimum atomic E-state index is -1.07. The van der Waals surface area contributed by atoms with Crippen LogP contribution in [-0.2, 0) is 11.5 Å². The van der Waals surface area contributed by atoms with E-state index >= 15 is 0 Å². The number of ether oxygens (including phenoxy) is 2. The van der Waals surface area contributed by atoms with E-state index in [4.69, 9.17) is 9.47 Å². The van der Waals surface area contributed by atoms with Gasteiger partial charge in [0, 0.05) is 54.1 Å². The van der Waals surface area contributed by atoms with E-state index in [0.717, 1.165) is 62.2 Å². The van der Waals surface area contributed by atoms with Crippen LogP contribution < -0.4 is 15.2 Å². The molecule has 0 radical (unpaired) electrons. The molecule has 0 aliphatic carbocycles. The highest BCUT2D eigenvalue weighted by atomic mass is 32.1. The van der Waals surface area contributed by atoms with E-state index in [1.54, 1.807) is 23.5 Å². The van der Waals surface area contributed by atoms with Crippen molar-refractivity contribution in [1.82, 2.24) is 9.47 Å². The highest BCUT2D eigenvalue weighted by Crippen LogP contribution is 2.31. The molecule has 4 heterocycles. The molecule has 0 bridgehead atoms. The number of unbranched alkanes of at least 4 members (excludes halogenated alkanes) is 1. The molecule has 1 fully saturated rings. The number of rotatable bonds is 11. The minimum absolute atomic E-state index is 0.0473. The van der Waals surface area contributed by atoms with Crippen molar-refractivity contribution >= 4 is 49.4 Å². The Hall–Kier alpha value is -3.21. The summed E-state index contributed by atoms with van der Waals surface area (Å²) in [7, 11) is 0. The summed E-state index contributed by atoms with van der Waals surface area (Å²) in [6, 6.07) is 21.6. The molecule has 2 aromatic carbocycles. The Morgan fingerprint density at radius 3 is 2.62 bits per heavy atom. The molecule has 1 N–H and O–H groups in total. The van der Waals surface area contributed by atoms with E-state index in [2.05, 4.69) is 39.4 Å². The van der Waals surface area contributed by atoms with Gasteiger partial charge >= 0.3 is 0 Å². The topological polar surface area (TPSA) is 67.2 Å². The molecule has 1 unspecified atom stereocenters. The Balaban J connectivity index is 0.977. The zero-order valence-corrected chi connectivity index (χ0v) is 23.9. The van der Waals surface area contributed by atoms with E-state index in [0.29, 0.717) is 11.5 Å². The van der Waals surface area contributed by atoms with Gasteiger partial charge in [-0.05, 0) is 78.0 Å². The Morgan fingerprint density at radius 2 is 1.77 bits per heavy atom. The van der Waals surface area contributed by atoms with Crippen LogP contribution in [0.25, 0.3) is 21.0 Å². The van der Waals surface area contributed by atoms with E-state index in [-0.39, 0.29) is 12.3 Å². The maximum atomic E-state index is 12.6. The van der Waals surface area contributed by atoms with Crippen molar-refractivity contribution < 1.29 is 14.6 Å². The van der Waals surface area contributed by atoms with Gasteiger partial charge in [-0.3, -0.25) is 14.3 Å². The van der Waals surface area contributed by atoms with Crippen LogP contribution in [0.15, 0.2) is 82.3 Å². The van der Waals surface area contributed by atoms with Gasteiger partial charge in [0.05, 0.1) is 17.0 Å². The van der Waals surface area contributed by atoms with Gasteiger partial charge in [0.2, 0.25) is 0 Å². The van der Waals surface area contributed by atoms with Gasteiger partial charge < -0.3 is 19.5 Å². The second kappa shape index (κ2) is 12.5. The van der Waals surface area contributed by atoms with Crippen LogP contribution in [0.4, 0.5) is 5.69 Å². The lowest BCUT2D eigenvalue weighted by atomic mass is 10.2. The summed E-state index contributed by atoms with van der Waals surface area (Å²) in [5.74, 6) is 0.724. The number of aromatic nitrogens is 1. The molecule has 0 spiro atoms. The van der Waals surface area contributed by atoms with Gasteiger partial charge in [-0.25, -0.2) is 0 Å². The highest BCUT2D eigenvalue weighted by molar-refractivity contribution is 7.17. The molecule has 1 saturated heterocycles. The lowest BCUT2D eigenvalue weighted by Crippen LogP contribution is -2.46. The fraction of sp³-hybridized carbons (Fsp3) is 0.323. The van der Waals surface area contributed by atoms with E-state index in [1.807, 2.05) is 29.6 Å². The zero-order valence-electron chi connectivity index (χ0n) is 22.3. The molecule has 0 saturated carbocycles. The van der Waals surface area contributed by atoms with E-state index in [9.17, 15) is 9.90 Å². The molecule has 1 aliphatic rings. The monoisotopic (exact) mass is 575 g/mol. The van der Waals surface area contributed by atoms with E-state index in [1.165, 1.54) is 37.7 Å². The third-order valence-corrected chi connectivity index (χ3v) is 9.22. The maximum Gasteiger partial charge on any atom is 0.252 e. The number of benzene rings is 2. The van der Waals surface area contributed by atoms with Gasteiger partial charge in [0.15, 0.2) is 6.29 Å². The third-order valence-electron chi connectivity index (χ3n) is 7.44. The molecule has 40 heavy (non-hydrogen) atoms. The second-order valence-electron chi connectivity index (χ2n) is 9.98. The molecule has 7 nitrogen and oxygen atoms in total. The average molecular weight is 576 g/mol. The van der Waals surface area contributed by atoms with Crippen molar-refractivity contribution in [3.8, 4) is 5.75 Å². The number of pyridine rings is 1. The summed E-state index contributed by atoms with van der Waals surface area (Å²) in [4.78, 5) is 18.4. The first kappa shape index (κ1) is 27.0. The van der Waals surface area contributed by atoms with Crippen molar-refractivity contribution in [3.63, 3.8) is 0 Å². The number of anilines is 1. The van der Waals surface area contributed by atoms with Crippen LogP contribution in [0.3, 0.4) is 0 Å². The highest BCUT2D eigenvalue weighted by Gasteiger charge is 2.18. The number of aliphatic hydroxyl groups excluding tert-OH is 1. The Morgan fingerprint density at radius 1 is 0.900 bits per heavy atom. The number of hydrogen-bond donors (Lipinski definition) is 1. The first-order valence-corrected chi connectivity index (χ1v) is 15.4. The van der Waals surface area contributed by atoms with Crippen LogP contribution in [0.5, 0.6) is 5.75 Å². The molecular formula is C31H33N3O4S2. The van der Waals surface area contributed by atoms with Crippen LogP contribution in [-0.4, -0.2) is 53.9 Å². The van der Waals surface area contributed by atoms with E-state index < -0.39 is 6.29 Å². The largest absolute Gasteiger partial charge is 0.494 e. The molecule has 3 aromatic heterocycles. The summed E-state index contributed by atoms with van der Waals surface area (Å²) < 4.78 is 14.5. The van der Waals surface area contributed by atoms with Gasteiger partial charge in [-0.15, -0.1) is 22.7 Å². The standard InChI is InChI=1S/C31H33N3O4S2/c35-30-11-9-23-8-10-24(21-27(23)34(30)22-38-31(36)29-7-4-19-39-29)37-18-2-1-13-32-14-16-33(17-15-32)26-5-3-6-28-25(26)12-20-40-28/h3-12,19-21,31,36H,1-2,13-18,22H2. The lowest BCUT2D eigenvalue weighted by Gasteiger charge is -2.36. The maximum absolute atomic E-state index is 12.6. The summed E-state index contributed by atoms with van der Waals surface area (Å²) in [5.41, 5.74) is 1.90. The Kier molecular flexibility index (Phi) is 8.45. The van der Waals surface area contributed by atoms with Gasteiger partial charge in [-0.2, -0.15) is 0 Å². The fourth-order valence-corrected chi connectivity index (χ4v) is 6.71. The average Bonchev–Trinajstić information content (AvgIpc) is 3.70. The zero-order chi connectivity index (χ0) is 27.3. The predicted molar refractivity (Wildman–Crippen MR) is 164 cm³/mol.